The normalized spacial score (nSPS) is 11.2. The molecule has 0 saturated carbocycles. The molecular weight excluding hydrogens is 685 g/mol. The van der Waals surface area contributed by atoms with Gasteiger partial charge < -0.3 is 9.32 Å². The van der Waals surface area contributed by atoms with Gasteiger partial charge in [0.05, 0.1) is 0 Å². The highest BCUT2D eigenvalue weighted by atomic mass is 16.3. The summed E-state index contributed by atoms with van der Waals surface area (Å²) in [4.78, 5) is 17.0. The minimum atomic E-state index is 0.635. The van der Waals surface area contributed by atoms with Crippen LogP contribution in [0.1, 0.15) is 0 Å². The fourth-order valence-corrected chi connectivity index (χ4v) is 7.29. The molecule has 0 aliphatic heterocycles. The van der Waals surface area contributed by atoms with Crippen LogP contribution in [0.25, 0.3) is 78.4 Å². The lowest BCUT2D eigenvalue weighted by Crippen LogP contribution is -2.09. The van der Waals surface area contributed by atoms with Gasteiger partial charge in [-0.3, -0.25) is 0 Å². The summed E-state index contributed by atoms with van der Waals surface area (Å²) in [5.74, 6) is 1.93. The Kier molecular flexibility index (Phi) is 8.43. The summed E-state index contributed by atoms with van der Waals surface area (Å²) in [5.41, 5.74) is 12.3. The number of hydrogen-bond donors (Lipinski definition) is 0. The quantitative estimate of drug-likeness (QED) is 0.157. The van der Waals surface area contributed by atoms with E-state index in [0.29, 0.717) is 17.5 Å². The van der Waals surface area contributed by atoms with E-state index in [1.165, 1.54) is 11.1 Å². The Morgan fingerprint density at radius 3 is 1.16 bits per heavy atom. The van der Waals surface area contributed by atoms with Crippen LogP contribution < -0.4 is 4.90 Å². The number of nitrogens with zero attached hydrogens (tertiary/aromatic N) is 4. The van der Waals surface area contributed by atoms with Gasteiger partial charge in [-0.1, -0.05) is 158 Å². The van der Waals surface area contributed by atoms with Crippen LogP contribution in [0.4, 0.5) is 17.1 Å². The Bertz CT molecular complexity index is 2870. The zero-order valence-electron chi connectivity index (χ0n) is 30.3. The van der Waals surface area contributed by atoms with Crippen molar-refractivity contribution in [1.29, 1.82) is 0 Å². The van der Waals surface area contributed by atoms with E-state index in [1.807, 2.05) is 78.9 Å². The average molecular weight is 719 g/mol. The van der Waals surface area contributed by atoms with Gasteiger partial charge in [-0.25, -0.2) is 15.0 Å². The van der Waals surface area contributed by atoms with E-state index >= 15 is 0 Å². The number of hydrogen-bond acceptors (Lipinski definition) is 5. The van der Waals surface area contributed by atoms with Gasteiger partial charge in [-0.05, 0) is 70.8 Å². The third-order valence-corrected chi connectivity index (χ3v) is 10.2. The third kappa shape index (κ3) is 6.37. The molecule has 0 fully saturated rings. The van der Waals surface area contributed by atoms with Crippen molar-refractivity contribution in [3.63, 3.8) is 0 Å². The maximum absolute atomic E-state index is 6.19. The van der Waals surface area contributed by atoms with Crippen molar-refractivity contribution in [3.8, 4) is 56.4 Å². The molecule has 10 aromatic rings. The molecule has 2 heterocycles. The Balaban J connectivity index is 0.996. The number of aromatic nitrogens is 3. The molecule has 0 amide bonds. The lowest BCUT2D eigenvalue weighted by Gasteiger charge is -2.26. The van der Waals surface area contributed by atoms with Gasteiger partial charge in [0, 0.05) is 44.5 Å². The first-order valence-corrected chi connectivity index (χ1v) is 18.7. The first kappa shape index (κ1) is 33.0. The van der Waals surface area contributed by atoms with E-state index in [0.717, 1.165) is 66.8 Å². The average Bonchev–Trinajstić information content (AvgIpc) is 3.66. The molecule has 5 heteroatoms. The molecule has 2 aromatic heterocycles. The zero-order chi connectivity index (χ0) is 37.3. The van der Waals surface area contributed by atoms with Crippen LogP contribution in [0.5, 0.6) is 0 Å². The van der Waals surface area contributed by atoms with Gasteiger partial charge in [0.1, 0.15) is 11.2 Å². The van der Waals surface area contributed by atoms with Crippen LogP contribution in [-0.4, -0.2) is 15.0 Å². The van der Waals surface area contributed by atoms with E-state index in [4.69, 9.17) is 19.4 Å². The summed E-state index contributed by atoms with van der Waals surface area (Å²) in [7, 11) is 0. The largest absolute Gasteiger partial charge is 0.456 e. The van der Waals surface area contributed by atoms with Crippen LogP contribution in [0, 0.1) is 0 Å². The SMILES string of the molecule is c1ccc(-c2ccc(N(c3ccc(-c4ccc(-c5nc(-c6ccccc6)nc(-c6ccccc6)n5)cc4)cc3)c3ccc4oc5ccccc5c4c3)cc2)cc1. The lowest BCUT2D eigenvalue weighted by atomic mass is 10.0. The molecule has 0 bridgehead atoms. The fraction of sp³-hybridized carbons (Fsp3) is 0. The molecule has 10 rings (SSSR count). The number of anilines is 3. The molecule has 0 N–H and O–H groups in total. The molecular formula is C51H34N4O. The highest BCUT2D eigenvalue weighted by molar-refractivity contribution is 6.06. The van der Waals surface area contributed by atoms with Gasteiger partial charge in [-0.15, -0.1) is 0 Å². The van der Waals surface area contributed by atoms with Gasteiger partial charge in [0.2, 0.25) is 0 Å². The maximum Gasteiger partial charge on any atom is 0.164 e. The molecule has 0 aliphatic rings. The second-order valence-corrected chi connectivity index (χ2v) is 13.7. The standard InChI is InChI=1S/C51H34N4O/c1-4-12-35(13-5-1)37-24-28-42(29-25-37)55(44-32-33-48-46(34-44)45-18-10-11-19-47(45)56-48)43-30-26-38(27-31-43)36-20-22-41(23-21-36)51-53-49(39-14-6-2-7-15-39)52-50(54-51)40-16-8-3-9-17-40/h1-34H. The smallest absolute Gasteiger partial charge is 0.164 e. The molecule has 56 heavy (non-hydrogen) atoms. The lowest BCUT2D eigenvalue weighted by molar-refractivity contribution is 0.669. The van der Waals surface area contributed by atoms with Gasteiger partial charge in [-0.2, -0.15) is 0 Å². The monoisotopic (exact) mass is 718 g/mol. The van der Waals surface area contributed by atoms with E-state index in [1.54, 1.807) is 0 Å². The van der Waals surface area contributed by atoms with Gasteiger partial charge in [0.15, 0.2) is 17.5 Å². The van der Waals surface area contributed by atoms with Crippen molar-refractivity contribution >= 4 is 39.0 Å². The van der Waals surface area contributed by atoms with Crippen molar-refractivity contribution in [3.05, 3.63) is 206 Å². The number of rotatable bonds is 8. The topological polar surface area (TPSA) is 55.1 Å². The van der Waals surface area contributed by atoms with Crippen molar-refractivity contribution in [2.45, 2.75) is 0 Å². The summed E-state index contributed by atoms with van der Waals surface area (Å²) in [6.07, 6.45) is 0. The van der Waals surface area contributed by atoms with Crippen LogP contribution in [0.15, 0.2) is 211 Å². The molecule has 0 spiro atoms. The second kappa shape index (κ2) is 14.3. The minimum absolute atomic E-state index is 0.635. The van der Waals surface area contributed by atoms with Crippen molar-refractivity contribution in [2.24, 2.45) is 0 Å². The van der Waals surface area contributed by atoms with Gasteiger partial charge in [0.25, 0.3) is 0 Å². The summed E-state index contributed by atoms with van der Waals surface area (Å²) in [5, 5.41) is 2.19. The van der Waals surface area contributed by atoms with Crippen molar-refractivity contribution in [2.75, 3.05) is 4.90 Å². The molecule has 0 saturated heterocycles. The fourth-order valence-electron chi connectivity index (χ4n) is 7.29. The van der Waals surface area contributed by atoms with E-state index in [2.05, 4.69) is 132 Å². The van der Waals surface area contributed by atoms with Crippen LogP contribution in [0.3, 0.4) is 0 Å². The number of furan rings is 1. The molecule has 264 valence electrons. The summed E-state index contributed by atoms with van der Waals surface area (Å²) in [6.45, 7) is 0. The second-order valence-electron chi connectivity index (χ2n) is 13.7. The van der Waals surface area contributed by atoms with Gasteiger partial charge >= 0.3 is 0 Å². The predicted molar refractivity (Wildman–Crippen MR) is 229 cm³/mol. The van der Waals surface area contributed by atoms with E-state index < -0.39 is 0 Å². The van der Waals surface area contributed by atoms with E-state index in [9.17, 15) is 0 Å². The molecule has 0 unspecified atom stereocenters. The van der Waals surface area contributed by atoms with Crippen LogP contribution in [-0.2, 0) is 0 Å². The highest BCUT2D eigenvalue weighted by Gasteiger charge is 2.17. The third-order valence-electron chi connectivity index (χ3n) is 10.2. The number of fused-ring (bicyclic) bond motifs is 3. The van der Waals surface area contributed by atoms with Crippen molar-refractivity contribution < 1.29 is 4.42 Å². The Hall–Kier alpha value is -7.63. The zero-order valence-corrected chi connectivity index (χ0v) is 30.3. The first-order valence-electron chi connectivity index (χ1n) is 18.7. The number of benzene rings is 8. The highest BCUT2D eigenvalue weighted by Crippen LogP contribution is 2.40. The predicted octanol–water partition coefficient (Wildman–Crippen LogP) is 13.6. The Labute approximate surface area is 324 Å². The Morgan fingerprint density at radius 1 is 0.286 bits per heavy atom. The summed E-state index contributed by atoms with van der Waals surface area (Å²) < 4.78 is 6.19. The Morgan fingerprint density at radius 2 is 0.643 bits per heavy atom. The molecule has 8 aromatic carbocycles. The minimum Gasteiger partial charge on any atom is -0.456 e. The van der Waals surface area contributed by atoms with Crippen LogP contribution in [0.2, 0.25) is 0 Å². The first-order chi connectivity index (χ1) is 27.7. The molecule has 0 radical (unpaired) electrons. The molecule has 0 aliphatic carbocycles. The number of para-hydroxylation sites is 1. The van der Waals surface area contributed by atoms with E-state index in [-0.39, 0.29) is 0 Å². The summed E-state index contributed by atoms with van der Waals surface area (Å²) >= 11 is 0. The van der Waals surface area contributed by atoms with Crippen LogP contribution >= 0.6 is 0 Å². The van der Waals surface area contributed by atoms with Crippen molar-refractivity contribution in [1.82, 2.24) is 15.0 Å². The molecule has 5 nitrogen and oxygen atoms in total. The maximum atomic E-state index is 6.19. The molecule has 0 atom stereocenters. The summed E-state index contributed by atoms with van der Waals surface area (Å²) in [6, 6.07) is 71.2.